The van der Waals surface area contributed by atoms with Crippen molar-refractivity contribution >= 4 is 5.69 Å². The molecule has 1 saturated heterocycles. The van der Waals surface area contributed by atoms with E-state index in [1.807, 2.05) is 32.3 Å². The molecule has 1 aliphatic heterocycles. The molecular formula is C19H23NO2. The molecule has 0 radical (unpaired) electrons. The molecule has 0 atom stereocenters. The second-order valence-electron chi connectivity index (χ2n) is 6.15. The van der Waals surface area contributed by atoms with E-state index >= 15 is 0 Å². The van der Waals surface area contributed by atoms with Crippen LogP contribution in [0.5, 0.6) is 0 Å². The van der Waals surface area contributed by atoms with E-state index in [0.717, 1.165) is 16.8 Å². The first-order chi connectivity index (χ1) is 10.6. The quantitative estimate of drug-likeness (QED) is 0.863. The van der Waals surface area contributed by atoms with Gasteiger partial charge in [-0.25, -0.2) is 0 Å². The molecule has 3 rings (SSSR count). The Kier molecular flexibility index (Phi) is 4.19. The van der Waals surface area contributed by atoms with Gasteiger partial charge in [-0.3, -0.25) is 0 Å². The van der Waals surface area contributed by atoms with Crippen molar-refractivity contribution in [3.63, 3.8) is 0 Å². The zero-order valence-corrected chi connectivity index (χ0v) is 13.5. The Balaban J connectivity index is 2.02. The van der Waals surface area contributed by atoms with Crippen LogP contribution in [0.4, 0.5) is 5.69 Å². The molecule has 1 fully saturated rings. The third kappa shape index (κ3) is 2.74. The van der Waals surface area contributed by atoms with Crippen molar-refractivity contribution in [2.75, 3.05) is 32.2 Å². The maximum atomic E-state index is 6.21. The van der Waals surface area contributed by atoms with Crippen LogP contribution < -0.4 is 4.90 Å². The molecule has 2 aromatic carbocycles. The van der Waals surface area contributed by atoms with Gasteiger partial charge in [-0.15, -0.1) is 0 Å². The summed E-state index contributed by atoms with van der Waals surface area (Å²) in [4.78, 5) is 2.09. The van der Waals surface area contributed by atoms with Gasteiger partial charge in [0.2, 0.25) is 5.79 Å². The van der Waals surface area contributed by atoms with Crippen LogP contribution in [0, 0.1) is 5.92 Å². The van der Waals surface area contributed by atoms with E-state index in [-0.39, 0.29) is 0 Å². The lowest BCUT2D eigenvalue weighted by molar-refractivity contribution is -0.265. The van der Waals surface area contributed by atoms with Crippen molar-refractivity contribution in [2.24, 2.45) is 5.92 Å². The fourth-order valence-electron chi connectivity index (χ4n) is 2.75. The van der Waals surface area contributed by atoms with Gasteiger partial charge in [0.05, 0.1) is 13.2 Å². The topological polar surface area (TPSA) is 21.7 Å². The molecular weight excluding hydrogens is 274 g/mol. The van der Waals surface area contributed by atoms with Crippen LogP contribution in [-0.2, 0) is 15.3 Å². The highest BCUT2D eigenvalue weighted by Gasteiger charge is 2.40. The van der Waals surface area contributed by atoms with Crippen LogP contribution in [0.3, 0.4) is 0 Å². The predicted molar refractivity (Wildman–Crippen MR) is 89.1 cm³/mol. The minimum Gasteiger partial charge on any atom is -0.378 e. The van der Waals surface area contributed by atoms with E-state index in [4.69, 9.17) is 9.47 Å². The zero-order valence-electron chi connectivity index (χ0n) is 13.5. The maximum absolute atomic E-state index is 6.21. The van der Waals surface area contributed by atoms with Crippen LogP contribution in [-0.4, -0.2) is 27.3 Å². The van der Waals surface area contributed by atoms with Crippen LogP contribution in [0.25, 0.3) is 0 Å². The number of rotatable bonds is 3. The Hall–Kier alpha value is -1.84. The summed E-state index contributed by atoms with van der Waals surface area (Å²) in [5.41, 5.74) is 3.24. The van der Waals surface area contributed by atoms with Crippen LogP contribution >= 0.6 is 0 Å². The third-order valence-electron chi connectivity index (χ3n) is 4.06. The van der Waals surface area contributed by atoms with E-state index in [0.29, 0.717) is 19.1 Å². The summed E-state index contributed by atoms with van der Waals surface area (Å²) in [6.07, 6.45) is 0. The number of hydrogen-bond donors (Lipinski definition) is 0. The number of hydrogen-bond acceptors (Lipinski definition) is 3. The monoisotopic (exact) mass is 297 g/mol. The van der Waals surface area contributed by atoms with Crippen LogP contribution in [0.2, 0.25) is 0 Å². The number of nitrogens with zero attached hydrogens (tertiary/aromatic N) is 1. The molecule has 0 unspecified atom stereocenters. The van der Waals surface area contributed by atoms with Crippen molar-refractivity contribution in [1.29, 1.82) is 0 Å². The summed E-state index contributed by atoms with van der Waals surface area (Å²) in [6, 6.07) is 18.6. The van der Waals surface area contributed by atoms with E-state index in [1.165, 1.54) is 0 Å². The van der Waals surface area contributed by atoms with E-state index in [1.54, 1.807) is 0 Å². The summed E-state index contributed by atoms with van der Waals surface area (Å²) in [6.45, 7) is 3.54. The Bertz CT molecular complexity index is 599. The average molecular weight is 297 g/mol. The molecule has 0 spiro atoms. The zero-order chi connectivity index (χ0) is 15.6. The molecule has 2 aromatic rings. The van der Waals surface area contributed by atoms with Crippen molar-refractivity contribution in [3.8, 4) is 0 Å². The molecule has 22 heavy (non-hydrogen) atoms. The number of anilines is 1. The van der Waals surface area contributed by atoms with Gasteiger partial charge in [-0.05, 0) is 12.1 Å². The van der Waals surface area contributed by atoms with Crippen LogP contribution in [0.1, 0.15) is 18.1 Å². The lowest BCUT2D eigenvalue weighted by Crippen LogP contribution is -2.42. The highest BCUT2D eigenvalue weighted by Crippen LogP contribution is 2.39. The van der Waals surface area contributed by atoms with Gasteiger partial charge in [-0.2, -0.15) is 0 Å². The van der Waals surface area contributed by atoms with Gasteiger partial charge in [-0.1, -0.05) is 49.4 Å². The van der Waals surface area contributed by atoms with Gasteiger partial charge in [0, 0.05) is 36.8 Å². The summed E-state index contributed by atoms with van der Waals surface area (Å²) in [5.74, 6) is -0.378. The Morgan fingerprint density at radius 1 is 0.864 bits per heavy atom. The van der Waals surface area contributed by atoms with Crippen LogP contribution in [0.15, 0.2) is 54.6 Å². The summed E-state index contributed by atoms with van der Waals surface area (Å²) in [5, 5.41) is 0. The minimum atomic E-state index is -0.793. The molecule has 1 aliphatic rings. The Morgan fingerprint density at radius 2 is 1.41 bits per heavy atom. The smallest absolute Gasteiger partial charge is 0.222 e. The predicted octanol–water partition coefficient (Wildman–Crippen LogP) is 3.64. The molecule has 3 nitrogen and oxygen atoms in total. The summed E-state index contributed by atoms with van der Waals surface area (Å²) < 4.78 is 12.4. The van der Waals surface area contributed by atoms with Crippen molar-refractivity contribution in [3.05, 3.63) is 65.7 Å². The molecule has 0 bridgehead atoms. The minimum absolute atomic E-state index is 0.415. The first-order valence-corrected chi connectivity index (χ1v) is 7.73. The average Bonchev–Trinajstić information content (AvgIpc) is 2.57. The van der Waals surface area contributed by atoms with Gasteiger partial charge in [0.25, 0.3) is 0 Å². The highest BCUT2D eigenvalue weighted by molar-refractivity contribution is 5.48. The fraction of sp³-hybridized carbons (Fsp3) is 0.368. The van der Waals surface area contributed by atoms with E-state index in [2.05, 4.69) is 48.2 Å². The van der Waals surface area contributed by atoms with Gasteiger partial charge < -0.3 is 14.4 Å². The third-order valence-corrected chi connectivity index (χ3v) is 4.06. The maximum Gasteiger partial charge on any atom is 0.222 e. The molecule has 116 valence electrons. The Morgan fingerprint density at radius 3 is 1.95 bits per heavy atom. The lowest BCUT2D eigenvalue weighted by atomic mass is 9.95. The highest BCUT2D eigenvalue weighted by atomic mass is 16.7. The standard InChI is InChI=1S/C19H23NO2/c1-15-13-21-19(22-14-15,16-7-5-4-6-8-16)17-9-11-18(12-10-17)20(2)3/h4-12,15H,13-14H2,1-3H3. The number of benzene rings is 2. The Labute approximate surface area is 132 Å². The van der Waals surface area contributed by atoms with Crippen molar-refractivity contribution in [1.82, 2.24) is 0 Å². The van der Waals surface area contributed by atoms with Crippen molar-refractivity contribution < 1.29 is 9.47 Å². The molecule has 1 heterocycles. The van der Waals surface area contributed by atoms with E-state index < -0.39 is 5.79 Å². The second-order valence-corrected chi connectivity index (χ2v) is 6.15. The first kappa shape index (κ1) is 15.1. The molecule has 0 aliphatic carbocycles. The van der Waals surface area contributed by atoms with E-state index in [9.17, 15) is 0 Å². The molecule has 0 N–H and O–H groups in total. The number of ether oxygens (including phenoxy) is 2. The lowest BCUT2D eigenvalue weighted by Gasteiger charge is -2.40. The van der Waals surface area contributed by atoms with Crippen molar-refractivity contribution in [2.45, 2.75) is 12.7 Å². The van der Waals surface area contributed by atoms with Gasteiger partial charge in [0.1, 0.15) is 0 Å². The molecule has 0 aromatic heterocycles. The molecule has 3 heteroatoms. The second kappa shape index (κ2) is 6.11. The van der Waals surface area contributed by atoms with Gasteiger partial charge in [0.15, 0.2) is 0 Å². The summed E-state index contributed by atoms with van der Waals surface area (Å²) in [7, 11) is 4.08. The SMILES string of the molecule is CC1COC(c2ccccc2)(c2ccc(N(C)C)cc2)OC1. The first-order valence-electron chi connectivity index (χ1n) is 7.73. The van der Waals surface area contributed by atoms with Gasteiger partial charge >= 0.3 is 0 Å². The largest absolute Gasteiger partial charge is 0.378 e. The molecule has 0 amide bonds. The fourth-order valence-corrected chi connectivity index (χ4v) is 2.75. The summed E-state index contributed by atoms with van der Waals surface area (Å²) >= 11 is 0. The molecule has 0 saturated carbocycles. The normalized spacial score (nSPS) is 25.0.